The molecular formula is C13H15F2NO5. The van der Waals surface area contributed by atoms with Crippen LogP contribution in [0.5, 0.6) is 11.5 Å². The fourth-order valence-corrected chi connectivity index (χ4v) is 1.58. The largest absolute Gasteiger partial charge is 0.493 e. The maximum Gasteiger partial charge on any atom is 0.387 e. The molecule has 0 fully saturated rings. The van der Waals surface area contributed by atoms with E-state index >= 15 is 0 Å². The summed E-state index contributed by atoms with van der Waals surface area (Å²) < 4.78 is 33.5. The Morgan fingerprint density at radius 2 is 2.00 bits per heavy atom. The number of hydrogen-bond acceptors (Lipinski definition) is 4. The van der Waals surface area contributed by atoms with Crippen LogP contribution in [0.3, 0.4) is 0 Å². The summed E-state index contributed by atoms with van der Waals surface area (Å²) in [6.07, 6.45) is -0.189. The van der Waals surface area contributed by atoms with Gasteiger partial charge in [-0.25, -0.2) is 0 Å². The highest BCUT2D eigenvalue weighted by Crippen LogP contribution is 2.29. The van der Waals surface area contributed by atoms with Crippen molar-refractivity contribution < 1.29 is 33.0 Å². The maximum atomic E-state index is 12.2. The summed E-state index contributed by atoms with van der Waals surface area (Å²) in [5.74, 6) is -1.66. The van der Waals surface area contributed by atoms with Crippen LogP contribution < -0.4 is 9.47 Å². The number of carboxylic acid groups (broad SMARTS) is 1. The molecule has 21 heavy (non-hydrogen) atoms. The van der Waals surface area contributed by atoms with Gasteiger partial charge < -0.3 is 19.5 Å². The number of alkyl halides is 2. The zero-order valence-corrected chi connectivity index (χ0v) is 11.5. The van der Waals surface area contributed by atoms with E-state index in [9.17, 15) is 18.4 Å². The summed E-state index contributed by atoms with van der Waals surface area (Å²) in [7, 11) is 2.71. The van der Waals surface area contributed by atoms with E-state index < -0.39 is 18.5 Å². The highest BCUT2D eigenvalue weighted by atomic mass is 19.3. The number of aliphatic carboxylic acids is 1. The minimum absolute atomic E-state index is 0.00668. The van der Waals surface area contributed by atoms with E-state index in [2.05, 4.69) is 4.74 Å². The van der Waals surface area contributed by atoms with Crippen LogP contribution >= 0.6 is 0 Å². The van der Waals surface area contributed by atoms with Crippen LogP contribution in [0.4, 0.5) is 8.78 Å². The number of nitrogens with zero attached hydrogens (tertiary/aromatic N) is 1. The molecule has 0 unspecified atom stereocenters. The van der Waals surface area contributed by atoms with E-state index in [1.165, 1.54) is 37.3 Å². The van der Waals surface area contributed by atoms with Crippen molar-refractivity contribution >= 4 is 11.9 Å². The summed E-state index contributed by atoms with van der Waals surface area (Å²) in [5, 5.41) is 8.57. The number of amides is 1. The first-order valence-electron chi connectivity index (χ1n) is 5.95. The van der Waals surface area contributed by atoms with Gasteiger partial charge in [0, 0.05) is 19.2 Å². The van der Waals surface area contributed by atoms with Gasteiger partial charge in [-0.15, -0.1) is 0 Å². The predicted octanol–water partition coefficient (Wildman–Crippen LogP) is 1.84. The molecule has 116 valence electrons. The first-order valence-corrected chi connectivity index (χ1v) is 5.95. The molecule has 1 aromatic carbocycles. The molecule has 0 aromatic heterocycles. The highest BCUT2D eigenvalue weighted by Gasteiger charge is 2.17. The molecule has 0 aliphatic carbocycles. The van der Waals surface area contributed by atoms with Crippen molar-refractivity contribution in [1.29, 1.82) is 0 Å². The van der Waals surface area contributed by atoms with Crippen molar-refractivity contribution in [3.8, 4) is 11.5 Å². The van der Waals surface area contributed by atoms with Crippen LogP contribution in [0.2, 0.25) is 0 Å². The van der Waals surface area contributed by atoms with Crippen LogP contribution in [0, 0.1) is 0 Å². The fraction of sp³-hybridized carbons (Fsp3) is 0.385. The summed E-state index contributed by atoms with van der Waals surface area (Å²) >= 11 is 0. The molecule has 0 bridgehead atoms. The zero-order chi connectivity index (χ0) is 16.0. The van der Waals surface area contributed by atoms with Gasteiger partial charge in [0.25, 0.3) is 5.91 Å². The number of ether oxygens (including phenoxy) is 2. The van der Waals surface area contributed by atoms with Gasteiger partial charge in [-0.3, -0.25) is 9.59 Å². The minimum Gasteiger partial charge on any atom is -0.493 e. The predicted molar refractivity (Wildman–Crippen MR) is 68.8 cm³/mol. The number of carboxylic acids is 1. The van der Waals surface area contributed by atoms with Crippen molar-refractivity contribution in [2.24, 2.45) is 0 Å². The van der Waals surface area contributed by atoms with E-state index in [0.29, 0.717) is 0 Å². The minimum atomic E-state index is -3.00. The molecule has 0 saturated heterocycles. The second-order valence-electron chi connectivity index (χ2n) is 4.11. The van der Waals surface area contributed by atoms with E-state index in [1.54, 1.807) is 0 Å². The van der Waals surface area contributed by atoms with Gasteiger partial charge in [0.1, 0.15) is 0 Å². The van der Waals surface area contributed by atoms with Crippen LogP contribution in [0.15, 0.2) is 18.2 Å². The second-order valence-corrected chi connectivity index (χ2v) is 4.11. The van der Waals surface area contributed by atoms with Crippen molar-refractivity contribution in [2.45, 2.75) is 13.0 Å². The Balaban J connectivity index is 2.88. The third-order valence-corrected chi connectivity index (χ3v) is 2.63. The van der Waals surface area contributed by atoms with Gasteiger partial charge in [0.2, 0.25) is 0 Å². The van der Waals surface area contributed by atoms with Crippen LogP contribution in [-0.2, 0) is 4.79 Å². The second kappa shape index (κ2) is 7.41. The Bertz CT molecular complexity index is 521. The number of carbonyl (C=O) groups is 2. The lowest BCUT2D eigenvalue weighted by molar-refractivity contribution is -0.137. The Kier molecular flexibility index (Phi) is 5.89. The molecule has 0 saturated carbocycles. The molecule has 1 aromatic rings. The third kappa shape index (κ3) is 4.90. The Labute approximate surface area is 119 Å². The van der Waals surface area contributed by atoms with Crippen molar-refractivity contribution in [2.75, 3.05) is 20.7 Å². The molecule has 6 nitrogen and oxygen atoms in total. The monoisotopic (exact) mass is 303 g/mol. The number of methoxy groups -OCH3 is 1. The number of benzene rings is 1. The molecule has 0 spiro atoms. The average molecular weight is 303 g/mol. The molecule has 0 aliphatic rings. The summed E-state index contributed by atoms with van der Waals surface area (Å²) in [6.45, 7) is -2.97. The standard InChI is InChI=1S/C13H15F2NO5/c1-16(6-5-11(17)18)12(19)8-3-4-9(21-13(14)15)10(7-8)20-2/h3-4,7,13H,5-6H2,1-2H3,(H,17,18). The number of halogens is 2. The Morgan fingerprint density at radius 1 is 1.33 bits per heavy atom. The van der Waals surface area contributed by atoms with Gasteiger partial charge >= 0.3 is 12.6 Å². The molecular weight excluding hydrogens is 288 g/mol. The lowest BCUT2D eigenvalue weighted by atomic mass is 10.1. The van der Waals surface area contributed by atoms with Crippen molar-refractivity contribution in [3.05, 3.63) is 23.8 Å². The van der Waals surface area contributed by atoms with Crippen LogP contribution in [-0.4, -0.2) is 49.2 Å². The number of rotatable bonds is 7. The molecule has 0 aliphatic heterocycles. The highest BCUT2D eigenvalue weighted by molar-refractivity contribution is 5.94. The van der Waals surface area contributed by atoms with E-state index in [1.807, 2.05) is 0 Å². The molecule has 8 heteroatoms. The lowest BCUT2D eigenvalue weighted by Crippen LogP contribution is -2.29. The molecule has 0 radical (unpaired) electrons. The average Bonchev–Trinajstić information content (AvgIpc) is 2.43. The maximum absolute atomic E-state index is 12.2. The summed E-state index contributed by atoms with van der Waals surface area (Å²) in [4.78, 5) is 23.7. The van der Waals surface area contributed by atoms with Gasteiger partial charge in [-0.05, 0) is 18.2 Å². The lowest BCUT2D eigenvalue weighted by Gasteiger charge is -2.17. The van der Waals surface area contributed by atoms with Gasteiger partial charge in [-0.1, -0.05) is 0 Å². The SMILES string of the molecule is COc1cc(C(=O)N(C)CCC(=O)O)ccc1OC(F)F. The molecule has 0 heterocycles. The van der Waals surface area contributed by atoms with Crippen LogP contribution in [0.1, 0.15) is 16.8 Å². The topological polar surface area (TPSA) is 76.1 Å². The molecule has 1 rings (SSSR count). The molecule has 0 atom stereocenters. The molecule has 1 amide bonds. The third-order valence-electron chi connectivity index (χ3n) is 2.63. The zero-order valence-electron chi connectivity index (χ0n) is 11.5. The number of carbonyl (C=O) groups excluding carboxylic acids is 1. The first-order chi connectivity index (χ1) is 9.85. The Hall–Kier alpha value is -2.38. The van der Waals surface area contributed by atoms with Crippen molar-refractivity contribution in [3.63, 3.8) is 0 Å². The van der Waals surface area contributed by atoms with Crippen molar-refractivity contribution in [1.82, 2.24) is 4.90 Å². The first kappa shape index (κ1) is 16.7. The summed E-state index contributed by atoms with van der Waals surface area (Å²) in [6, 6.07) is 3.76. The van der Waals surface area contributed by atoms with Crippen LogP contribution in [0.25, 0.3) is 0 Å². The summed E-state index contributed by atoms with van der Waals surface area (Å²) in [5.41, 5.74) is 0.182. The van der Waals surface area contributed by atoms with Gasteiger partial charge in [-0.2, -0.15) is 8.78 Å². The number of hydrogen-bond donors (Lipinski definition) is 1. The smallest absolute Gasteiger partial charge is 0.387 e. The van der Waals surface area contributed by atoms with E-state index in [0.717, 1.165) is 0 Å². The van der Waals surface area contributed by atoms with E-state index in [4.69, 9.17) is 9.84 Å². The molecule has 1 N–H and O–H groups in total. The quantitative estimate of drug-likeness (QED) is 0.832. The van der Waals surface area contributed by atoms with Gasteiger partial charge in [0.15, 0.2) is 11.5 Å². The van der Waals surface area contributed by atoms with E-state index in [-0.39, 0.29) is 30.0 Å². The Morgan fingerprint density at radius 3 is 2.52 bits per heavy atom. The van der Waals surface area contributed by atoms with Gasteiger partial charge in [0.05, 0.1) is 13.5 Å². The normalized spacial score (nSPS) is 10.3. The fourth-order valence-electron chi connectivity index (χ4n) is 1.58.